The zero-order valence-corrected chi connectivity index (χ0v) is 9.33. The van der Waals surface area contributed by atoms with Gasteiger partial charge in [0.25, 0.3) is 0 Å². The van der Waals surface area contributed by atoms with Crippen molar-refractivity contribution in [1.29, 1.82) is 5.26 Å². The standard InChI is InChI=1S/C10H12N4O3/c1-17-3-2-14(7-10(15)16)9-6-12-8(4-11)5-13-9/h5-6H,2-3,7H2,1H3,(H,15,16). The molecule has 1 aromatic rings. The van der Waals surface area contributed by atoms with Crippen molar-refractivity contribution in [2.24, 2.45) is 0 Å². The minimum Gasteiger partial charge on any atom is -0.480 e. The molecule has 0 fully saturated rings. The van der Waals surface area contributed by atoms with Crippen molar-refractivity contribution < 1.29 is 14.6 Å². The molecule has 7 heteroatoms. The Bertz CT molecular complexity index is 413. The van der Waals surface area contributed by atoms with Gasteiger partial charge in [-0.1, -0.05) is 0 Å². The van der Waals surface area contributed by atoms with Crippen LogP contribution in [-0.2, 0) is 9.53 Å². The van der Waals surface area contributed by atoms with E-state index in [1.807, 2.05) is 6.07 Å². The van der Waals surface area contributed by atoms with Crippen molar-refractivity contribution in [3.05, 3.63) is 18.1 Å². The number of hydrogen-bond acceptors (Lipinski definition) is 6. The topological polar surface area (TPSA) is 99.3 Å². The molecule has 1 aromatic heterocycles. The van der Waals surface area contributed by atoms with E-state index in [9.17, 15) is 4.79 Å². The average molecular weight is 236 g/mol. The first kappa shape index (κ1) is 12.9. The van der Waals surface area contributed by atoms with Crippen molar-refractivity contribution >= 4 is 11.8 Å². The molecular formula is C10H12N4O3. The second-order valence-electron chi connectivity index (χ2n) is 3.18. The number of carbonyl (C=O) groups is 1. The number of aliphatic carboxylic acids is 1. The predicted molar refractivity (Wildman–Crippen MR) is 58.5 cm³/mol. The molecule has 0 unspecified atom stereocenters. The lowest BCUT2D eigenvalue weighted by molar-refractivity contribution is -0.135. The Kier molecular flexibility index (Phi) is 4.84. The number of carboxylic acids is 1. The maximum absolute atomic E-state index is 10.7. The van der Waals surface area contributed by atoms with Gasteiger partial charge in [0.1, 0.15) is 18.4 Å². The molecule has 0 radical (unpaired) electrons. The molecule has 0 saturated carbocycles. The van der Waals surface area contributed by atoms with Crippen molar-refractivity contribution in [3.8, 4) is 6.07 Å². The fraction of sp³-hybridized carbons (Fsp3) is 0.400. The molecule has 0 aliphatic carbocycles. The Morgan fingerprint density at radius 3 is 2.82 bits per heavy atom. The van der Waals surface area contributed by atoms with Crippen molar-refractivity contribution in [2.45, 2.75) is 0 Å². The predicted octanol–water partition coefficient (Wildman–Crippen LogP) is -0.114. The highest BCUT2D eigenvalue weighted by atomic mass is 16.5. The van der Waals surface area contributed by atoms with Crippen LogP contribution in [0.5, 0.6) is 0 Å². The van der Waals surface area contributed by atoms with Crippen LogP contribution < -0.4 is 4.90 Å². The molecule has 0 bridgehead atoms. The van der Waals surface area contributed by atoms with Crippen molar-refractivity contribution in [1.82, 2.24) is 9.97 Å². The van der Waals surface area contributed by atoms with Crippen molar-refractivity contribution in [3.63, 3.8) is 0 Å². The van der Waals surface area contributed by atoms with Gasteiger partial charge in [-0.25, -0.2) is 9.97 Å². The first-order chi connectivity index (χ1) is 8.17. The molecule has 0 aromatic carbocycles. The van der Waals surface area contributed by atoms with E-state index in [0.29, 0.717) is 19.0 Å². The van der Waals surface area contributed by atoms with Gasteiger partial charge < -0.3 is 14.7 Å². The number of nitriles is 1. The highest BCUT2D eigenvalue weighted by molar-refractivity contribution is 5.73. The summed E-state index contributed by atoms with van der Waals surface area (Å²) in [6, 6.07) is 1.84. The van der Waals surface area contributed by atoms with Crippen LogP contribution >= 0.6 is 0 Å². The molecule has 0 aliphatic heterocycles. The summed E-state index contributed by atoms with van der Waals surface area (Å²) in [6.45, 7) is 0.586. The SMILES string of the molecule is COCCN(CC(=O)O)c1cnc(C#N)cn1. The zero-order valence-electron chi connectivity index (χ0n) is 9.33. The van der Waals surface area contributed by atoms with E-state index in [1.165, 1.54) is 24.4 Å². The molecule has 17 heavy (non-hydrogen) atoms. The molecule has 0 atom stereocenters. The second kappa shape index (κ2) is 6.40. The van der Waals surface area contributed by atoms with Crippen LogP contribution in [-0.4, -0.2) is 47.8 Å². The molecule has 1 heterocycles. The van der Waals surface area contributed by atoms with Crippen LogP contribution in [0.2, 0.25) is 0 Å². The average Bonchev–Trinajstić information content (AvgIpc) is 2.34. The third kappa shape index (κ3) is 4.04. The van der Waals surface area contributed by atoms with E-state index >= 15 is 0 Å². The lowest BCUT2D eigenvalue weighted by Crippen LogP contribution is -2.33. The largest absolute Gasteiger partial charge is 0.480 e. The van der Waals surface area contributed by atoms with E-state index in [4.69, 9.17) is 15.1 Å². The number of nitrogens with zero attached hydrogens (tertiary/aromatic N) is 4. The minimum absolute atomic E-state index is 0.191. The molecule has 0 aliphatic rings. The summed E-state index contributed by atoms with van der Waals surface area (Å²) in [7, 11) is 1.53. The summed E-state index contributed by atoms with van der Waals surface area (Å²) in [6.07, 6.45) is 2.67. The quantitative estimate of drug-likeness (QED) is 0.735. The van der Waals surface area contributed by atoms with Gasteiger partial charge in [0.05, 0.1) is 19.0 Å². The highest BCUT2D eigenvalue weighted by Gasteiger charge is 2.12. The fourth-order valence-electron chi connectivity index (χ4n) is 1.18. The summed E-state index contributed by atoms with van der Waals surface area (Å²) >= 11 is 0. The Balaban J connectivity index is 2.80. The maximum Gasteiger partial charge on any atom is 0.323 e. The van der Waals surface area contributed by atoms with E-state index in [-0.39, 0.29) is 12.2 Å². The van der Waals surface area contributed by atoms with E-state index in [1.54, 1.807) is 0 Å². The highest BCUT2D eigenvalue weighted by Crippen LogP contribution is 2.08. The van der Waals surface area contributed by atoms with Gasteiger partial charge in [0, 0.05) is 13.7 Å². The maximum atomic E-state index is 10.7. The Morgan fingerprint density at radius 1 is 1.59 bits per heavy atom. The second-order valence-corrected chi connectivity index (χ2v) is 3.18. The van der Waals surface area contributed by atoms with Crippen LogP contribution in [0.1, 0.15) is 5.69 Å². The smallest absolute Gasteiger partial charge is 0.323 e. The number of rotatable bonds is 6. The normalized spacial score (nSPS) is 9.65. The lowest BCUT2D eigenvalue weighted by atomic mass is 10.4. The molecule has 1 rings (SSSR count). The van der Waals surface area contributed by atoms with E-state index < -0.39 is 5.97 Å². The molecular weight excluding hydrogens is 224 g/mol. The van der Waals surface area contributed by atoms with Crippen LogP contribution in [0.4, 0.5) is 5.82 Å². The third-order valence-corrected chi connectivity index (χ3v) is 1.97. The number of hydrogen-bond donors (Lipinski definition) is 1. The minimum atomic E-state index is -0.965. The Morgan fingerprint density at radius 2 is 2.35 bits per heavy atom. The summed E-state index contributed by atoms with van der Waals surface area (Å²) in [5, 5.41) is 17.3. The zero-order chi connectivity index (χ0) is 12.7. The van der Waals surface area contributed by atoms with Crippen molar-refractivity contribution in [2.75, 3.05) is 31.7 Å². The molecule has 90 valence electrons. The first-order valence-corrected chi connectivity index (χ1v) is 4.85. The number of ether oxygens (including phenoxy) is 1. The fourth-order valence-corrected chi connectivity index (χ4v) is 1.18. The molecule has 0 spiro atoms. The van der Waals surface area contributed by atoms with Gasteiger partial charge in [-0.3, -0.25) is 4.79 Å². The summed E-state index contributed by atoms with van der Waals surface area (Å²) in [5.41, 5.74) is 0.191. The first-order valence-electron chi connectivity index (χ1n) is 4.85. The molecule has 7 nitrogen and oxygen atoms in total. The van der Waals surface area contributed by atoms with Gasteiger partial charge >= 0.3 is 5.97 Å². The number of anilines is 1. The van der Waals surface area contributed by atoms with Crippen LogP contribution in [0.25, 0.3) is 0 Å². The number of carboxylic acid groups (broad SMARTS) is 1. The lowest BCUT2D eigenvalue weighted by Gasteiger charge is -2.20. The van der Waals surface area contributed by atoms with Gasteiger partial charge in [-0.15, -0.1) is 0 Å². The molecule has 0 amide bonds. The number of aromatic nitrogens is 2. The summed E-state index contributed by atoms with van der Waals surface area (Å²) < 4.78 is 4.89. The van der Waals surface area contributed by atoms with E-state index in [0.717, 1.165) is 0 Å². The third-order valence-electron chi connectivity index (χ3n) is 1.97. The van der Waals surface area contributed by atoms with Gasteiger partial charge in [-0.2, -0.15) is 5.26 Å². The summed E-state index contributed by atoms with van der Waals surface area (Å²) in [5.74, 6) is -0.560. The van der Waals surface area contributed by atoms with Gasteiger partial charge in [0.2, 0.25) is 0 Å². The van der Waals surface area contributed by atoms with Gasteiger partial charge in [-0.05, 0) is 0 Å². The van der Waals surface area contributed by atoms with Crippen LogP contribution in [0.3, 0.4) is 0 Å². The summed E-state index contributed by atoms with van der Waals surface area (Å²) in [4.78, 5) is 20.0. The molecule has 0 saturated heterocycles. The molecule has 1 N–H and O–H groups in total. The monoisotopic (exact) mass is 236 g/mol. The number of methoxy groups -OCH3 is 1. The van der Waals surface area contributed by atoms with Crippen LogP contribution in [0.15, 0.2) is 12.4 Å². The Labute approximate surface area is 98.3 Å². The van der Waals surface area contributed by atoms with Crippen LogP contribution in [0, 0.1) is 11.3 Å². The van der Waals surface area contributed by atoms with Gasteiger partial charge in [0.15, 0.2) is 5.69 Å². The van der Waals surface area contributed by atoms with E-state index in [2.05, 4.69) is 9.97 Å². The Hall–Kier alpha value is -2.20.